The summed E-state index contributed by atoms with van der Waals surface area (Å²) in [6.07, 6.45) is 2.98. The van der Waals surface area contributed by atoms with Crippen molar-refractivity contribution in [1.82, 2.24) is 4.90 Å². The summed E-state index contributed by atoms with van der Waals surface area (Å²) in [5.74, 6) is -2.51. The lowest BCUT2D eigenvalue weighted by atomic mass is 9.94. The molecule has 0 aromatic rings. The van der Waals surface area contributed by atoms with Crippen LogP contribution in [0.15, 0.2) is 0 Å². The molecule has 0 aromatic carbocycles. The largest absolute Gasteiger partial charge is 0.377 e. The number of ether oxygens (including phenoxy) is 1. The molecule has 0 N–H and O–H groups in total. The van der Waals surface area contributed by atoms with Gasteiger partial charge in [0, 0.05) is 6.42 Å². The highest BCUT2D eigenvalue weighted by Crippen LogP contribution is 2.46. The molecule has 16 heavy (non-hydrogen) atoms. The van der Waals surface area contributed by atoms with Crippen molar-refractivity contribution in [1.29, 1.82) is 0 Å². The quantitative estimate of drug-likeness (QED) is 0.740. The summed E-state index contributed by atoms with van der Waals surface area (Å²) in [6.45, 7) is 5.26. The second-order valence-corrected chi connectivity index (χ2v) is 5.31. The molecule has 1 unspecified atom stereocenters. The third-order valence-electron chi connectivity index (χ3n) is 3.96. The summed E-state index contributed by atoms with van der Waals surface area (Å²) in [5.41, 5.74) is -0.368. The Bertz CT molecular complexity index is 259. The van der Waals surface area contributed by atoms with Crippen molar-refractivity contribution in [3.63, 3.8) is 0 Å². The van der Waals surface area contributed by atoms with Gasteiger partial charge in [0.25, 0.3) is 5.92 Å². The number of fused-ring (bicyclic) bond motifs is 1. The smallest absolute Gasteiger partial charge is 0.262 e. The van der Waals surface area contributed by atoms with Crippen LogP contribution in [0.1, 0.15) is 39.5 Å². The minimum atomic E-state index is -2.51. The summed E-state index contributed by atoms with van der Waals surface area (Å²) in [5, 5.41) is 0. The number of nitrogens with zero attached hydrogens (tertiary/aromatic N) is 1. The van der Waals surface area contributed by atoms with Gasteiger partial charge in [0.2, 0.25) is 0 Å². The number of halogens is 2. The van der Waals surface area contributed by atoms with Crippen molar-refractivity contribution in [3.05, 3.63) is 0 Å². The Morgan fingerprint density at radius 3 is 2.88 bits per heavy atom. The van der Waals surface area contributed by atoms with Crippen molar-refractivity contribution in [3.8, 4) is 0 Å². The van der Waals surface area contributed by atoms with Crippen molar-refractivity contribution in [2.45, 2.75) is 57.1 Å². The van der Waals surface area contributed by atoms with Gasteiger partial charge in [-0.05, 0) is 32.7 Å². The molecule has 2 aliphatic heterocycles. The summed E-state index contributed by atoms with van der Waals surface area (Å²) in [7, 11) is 0. The normalized spacial score (nSPS) is 35.2. The van der Waals surface area contributed by atoms with Gasteiger partial charge in [-0.2, -0.15) is 0 Å². The van der Waals surface area contributed by atoms with E-state index in [0.29, 0.717) is 6.61 Å². The number of hydrogen-bond donors (Lipinski definition) is 0. The van der Waals surface area contributed by atoms with Gasteiger partial charge < -0.3 is 4.74 Å². The fraction of sp³-hybridized carbons (Fsp3) is 1.00. The van der Waals surface area contributed by atoms with Crippen molar-refractivity contribution in [2.75, 3.05) is 19.7 Å². The van der Waals surface area contributed by atoms with Crippen molar-refractivity contribution < 1.29 is 13.5 Å². The molecule has 2 nitrogen and oxygen atoms in total. The van der Waals surface area contributed by atoms with Gasteiger partial charge in [0.15, 0.2) is 0 Å². The van der Waals surface area contributed by atoms with Crippen LogP contribution in [0.2, 0.25) is 0 Å². The molecule has 0 radical (unpaired) electrons. The Labute approximate surface area is 95.9 Å². The molecule has 2 rings (SSSR count). The first-order valence-corrected chi connectivity index (χ1v) is 6.22. The zero-order valence-electron chi connectivity index (χ0n) is 10.1. The molecular formula is C12H21F2NO. The van der Waals surface area contributed by atoms with Crippen LogP contribution in [0.3, 0.4) is 0 Å². The monoisotopic (exact) mass is 233 g/mol. The lowest BCUT2D eigenvalue weighted by Crippen LogP contribution is -2.43. The summed E-state index contributed by atoms with van der Waals surface area (Å²) in [4.78, 5) is 1.94. The van der Waals surface area contributed by atoms with E-state index >= 15 is 0 Å². The molecule has 0 bridgehead atoms. The summed E-state index contributed by atoms with van der Waals surface area (Å²) >= 11 is 0. The molecule has 2 fully saturated rings. The molecular weight excluding hydrogens is 212 g/mol. The summed E-state index contributed by atoms with van der Waals surface area (Å²) in [6, 6.07) is 0. The molecule has 94 valence electrons. The van der Waals surface area contributed by atoms with E-state index in [9.17, 15) is 8.78 Å². The average molecular weight is 233 g/mol. The second kappa shape index (κ2) is 4.22. The number of hydrogen-bond acceptors (Lipinski definition) is 2. The third kappa shape index (κ3) is 2.23. The van der Waals surface area contributed by atoms with E-state index in [0.717, 1.165) is 25.8 Å². The van der Waals surface area contributed by atoms with Crippen LogP contribution in [-0.4, -0.2) is 42.2 Å². The van der Waals surface area contributed by atoms with Gasteiger partial charge >= 0.3 is 0 Å². The fourth-order valence-corrected chi connectivity index (χ4v) is 2.89. The molecule has 0 spiro atoms. The van der Waals surface area contributed by atoms with Gasteiger partial charge in [0.1, 0.15) is 0 Å². The number of alkyl halides is 2. The fourth-order valence-electron chi connectivity index (χ4n) is 2.89. The van der Waals surface area contributed by atoms with Crippen LogP contribution in [0.5, 0.6) is 0 Å². The van der Waals surface area contributed by atoms with Crippen LogP contribution in [0.4, 0.5) is 8.78 Å². The maximum absolute atomic E-state index is 13.4. The molecule has 0 aliphatic carbocycles. The highest BCUT2D eigenvalue weighted by Gasteiger charge is 2.56. The first kappa shape index (κ1) is 12.2. The molecule has 0 saturated carbocycles. The first-order chi connectivity index (χ1) is 7.47. The summed E-state index contributed by atoms with van der Waals surface area (Å²) < 4.78 is 32.5. The van der Waals surface area contributed by atoms with Gasteiger partial charge in [-0.1, -0.05) is 6.92 Å². The lowest BCUT2D eigenvalue weighted by Gasteiger charge is -2.32. The number of rotatable bonds is 4. The minimum Gasteiger partial charge on any atom is -0.377 e. The zero-order valence-corrected chi connectivity index (χ0v) is 10.1. The van der Waals surface area contributed by atoms with Gasteiger partial charge in [-0.25, -0.2) is 8.78 Å². The Hall–Kier alpha value is -0.220. The Balaban J connectivity index is 1.99. The second-order valence-electron chi connectivity index (χ2n) is 5.31. The zero-order chi connectivity index (χ0) is 11.8. The topological polar surface area (TPSA) is 12.5 Å². The van der Waals surface area contributed by atoms with Crippen LogP contribution >= 0.6 is 0 Å². The highest BCUT2D eigenvalue weighted by atomic mass is 19.3. The maximum atomic E-state index is 13.4. The molecule has 2 aliphatic rings. The first-order valence-electron chi connectivity index (χ1n) is 6.22. The van der Waals surface area contributed by atoms with Gasteiger partial charge in [0.05, 0.1) is 24.8 Å². The third-order valence-corrected chi connectivity index (χ3v) is 3.96. The van der Waals surface area contributed by atoms with Crippen molar-refractivity contribution >= 4 is 0 Å². The standard InChI is InChI=1S/C12H21F2NO/c1-3-10(2)16-9-11-5-4-6-15(11)8-12(13,14)7-11/h10H,3-9H2,1-2H3/t10?,11-/m1/s1. The Morgan fingerprint density at radius 2 is 2.19 bits per heavy atom. The van der Waals surface area contributed by atoms with Crippen LogP contribution in [0, 0.1) is 0 Å². The molecule has 2 saturated heterocycles. The predicted molar refractivity (Wildman–Crippen MR) is 58.8 cm³/mol. The van der Waals surface area contributed by atoms with Gasteiger partial charge in [-0.3, -0.25) is 4.90 Å². The molecule has 2 atom stereocenters. The SMILES string of the molecule is CCC(C)OC[C@]12CCCN1CC(F)(F)C2. The van der Waals surface area contributed by atoms with Crippen LogP contribution in [-0.2, 0) is 4.74 Å². The van der Waals surface area contributed by atoms with E-state index in [-0.39, 0.29) is 24.6 Å². The van der Waals surface area contributed by atoms with E-state index in [2.05, 4.69) is 6.92 Å². The van der Waals surface area contributed by atoms with E-state index < -0.39 is 5.92 Å². The molecule has 0 amide bonds. The van der Waals surface area contributed by atoms with Crippen LogP contribution < -0.4 is 0 Å². The average Bonchev–Trinajstić information content (AvgIpc) is 2.66. The lowest BCUT2D eigenvalue weighted by molar-refractivity contribution is -0.0154. The maximum Gasteiger partial charge on any atom is 0.262 e. The molecule has 0 aromatic heterocycles. The van der Waals surface area contributed by atoms with E-state index in [4.69, 9.17) is 4.74 Å². The van der Waals surface area contributed by atoms with E-state index in [1.54, 1.807) is 0 Å². The molecule has 2 heterocycles. The predicted octanol–water partition coefficient (Wildman–Crippen LogP) is 2.68. The Kier molecular flexibility index (Phi) is 3.23. The van der Waals surface area contributed by atoms with E-state index in [1.165, 1.54) is 0 Å². The van der Waals surface area contributed by atoms with E-state index in [1.807, 2.05) is 11.8 Å². The van der Waals surface area contributed by atoms with Gasteiger partial charge in [-0.15, -0.1) is 0 Å². The Morgan fingerprint density at radius 1 is 1.44 bits per heavy atom. The molecule has 4 heteroatoms. The van der Waals surface area contributed by atoms with Crippen LogP contribution in [0.25, 0.3) is 0 Å². The highest BCUT2D eigenvalue weighted by molar-refractivity contribution is 5.06. The minimum absolute atomic E-state index is 0.0174. The van der Waals surface area contributed by atoms with Crippen molar-refractivity contribution in [2.24, 2.45) is 0 Å².